The van der Waals surface area contributed by atoms with Gasteiger partial charge in [-0.05, 0) is 43.2 Å². The lowest BCUT2D eigenvalue weighted by Crippen LogP contribution is -2.30. The van der Waals surface area contributed by atoms with Crippen LogP contribution in [0.25, 0.3) is 0 Å². The zero-order valence-electron chi connectivity index (χ0n) is 13.3. The molecule has 0 spiro atoms. The highest BCUT2D eigenvalue weighted by atomic mass is 32.2. The van der Waals surface area contributed by atoms with E-state index in [2.05, 4.69) is 5.32 Å². The fraction of sp³-hybridized carbons (Fsp3) is 0.529. The van der Waals surface area contributed by atoms with E-state index in [9.17, 15) is 9.59 Å². The van der Waals surface area contributed by atoms with Gasteiger partial charge in [0, 0.05) is 17.9 Å². The SMILES string of the molecule is CSc1ccc(C(CC(=O)O)NC(=O)CCC2CCCO2)cc1. The van der Waals surface area contributed by atoms with E-state index >= 15 is 0 Å². The van der Waals surface area contributed by atoms with Gasteiger partial charge in [0.15, 0.2) is 0 Å². The number of rotatable bonds is 8. The van der Waals surface area contributed by atoms with Gasteiger partial charge >= 0.3 is 5.97 Å². The van der Waals surface area contributed by atoms with Crippen molar-refractivity contribution in [1.82, 2.24) is 5.32 Å². The van der Waals surface area contributed by atoms with Crippen LogP contribution in [0.2, 0.25) is 0 Å². The molecule has 0 aliphatic carbocycles. The van der Waals surface area contributed by atoms with Crippen LogP contribution in [0.3, 0.4) is 0 Å². The summed E-state index contributed by atoms with van der Waals surface area (Å²) in [5, 5.41) is 11.9. The van der Waals surface area contributed by atoms with Crippen LogP contribution in [0, 0.1) is 0 Å². The molecule has 1 aliphatic rings. The third-order valence-electron chi connectivity index (χ3n) is 3.95. The second kappa shape index (κ2) is 8.93. The molecule has 5 nitrogen and oxygen atoms in total. The van der Waals surface area contributed by atoms with Gasteiger partial charge in [0.25, 0.3) is 0 Å². The summed E-state index contributed by atoms with van der Waals surface area (Å²) in [7, 11) is 0. The number of carboxylic acid groups (broad SMARTS) is 1. The Morgan fingerprint density at radius 2 is 2.13 bits per heavy atom. The number of ether oxygens (including phenoxy) is 1. The van der Waals surface area contributed by atoms with E-state index in [-0.39, 0.29) is 18.4 Å². The first kappa shape index (κ1) is 17.8. The molecule has 1 aliphatic heterocycles. The third-order valence-corrected chi connectivity index (χ3v) is 4.69. The van der Waals surface area contributed by atoms with Gasteiger partial charge in [-0.25, -0.2) is 0 Å². The highest BCUT2D eigenvalue weighted by Crippen LogP contribution is 2.22. The maximum atomic E-state index is 12.1. The van der Waals surface area contributed by atoms with Gasteiger partial charge in [-0.2, -0.15) is 0 Å². The van der Waals surface area contributed by atoms with Crippen LogP contribution in [-0.2, 0) is 14.3 Å². The lowest BCUT2D eigenvalue weighted by Gasteiger charge is -2.18. The molecule has 0 saturated carbocycles. The van der Waals surface area contributed by atoms with Crippen molar-refractivity contribution >= 4 is 23.6 Å². The first-order chi connectivity index (χ1) is 11.1. The van der Waals surface area contributed by atoms with Crippen molar-refractivity contribution in [3.05, 3.63) is 29.8 Å². The van der Waals surface area contributed by atoms with Gasteiger partial charge in [-0.3, -0.25) is 9.59 Å². The van der Waals surface area contributed by atoms with Crippen LogP contribution >= 0.6 is 11.8 Å². The smallest absolute Gasteiger partial charge is 0.305 e. The number of carboxylic acids is 1. The fourth-order valence-corrected chi connectivity index (χ4v) is 3.10. The van der Waals surface area contributed by atoms with Crippen LogP contribution in [0.4, 0.5) is 0 Å². The Morgan fingerprint density at radius 1 is 1.39 bits per heavy atom. The molecule has 2 rings (SSSR count). The monoisotopic (exact) mass is 337 g/mol. The average Bonchev–Trinajstić information content (AvgIpc) is 3.05. The molecule has 2 atom stereocenters. The van der Waals surface area contributed by atoms with E-state index in [1.807, 2.05) is 30.5 Å². The molecule has 2 N–H and O–H groups in total. The lowest BCUT2D eigenvalue weighted by atomic mass is 10.0. The number of hydrogen-bond donors (Lipinski definition) is 2. The molecule has 1 aromatic rings. The maximum absolute atomic E-state index is 12.1. The number of benzene rings is 1. The van der Waals surface area contributed by atoms with Gasteiger partial charge in [-0.1, -0.05) is 12.1 Å². The summed E-state index contributed by atoms with van der Waals surface area (Å²) < 4.78 is 5.51. The number of aliphatic carboxylic acids is 1. The van der Waals surface area contributed by atoms with Gasteiger partial charge in [0.1, 0.15) is 0 Å². The number of hydrogen-bond acceptors (Lipinski definition) is 4. The van der Waals surface area contributed by atoms with E-state index in [0.29, 0.717) is 12.8 Å². The molecule has 1 saturated heterocycles. The molecule has 1 aromatic carbocycles. The van der Waals surface area contributed by atoms with Crippen molar-refractivity contribution in [1.29, 1.82) is 0 Å². The normalized spacial score (nSPS) is 18.6. The summed E-state index contributed by atoms with van der Waals surface area (Å²) in [6.45, 7) is 0.774. The molecular formula is C17H23NO4S. The van der Waals surface area contributed by atoms with Gasteiger partial charge in [0.2, 0.25) is 5.91 Å². The van der Waals surface area contributed by atoms with Crippen LogP contribution in [-0.4, -0.2) is 35.9 Å². The zero-order chi connectivity index (χ0) is 16.7. The second-order valence-electron chi connectivity index (χ2n) is 5.66. The summed E-state index contributed by atoms with van der Waals surface area (Å²) in [6.07, 6.45) is 5.14. The van der Waals surface area contributed by atoms with E-state index in [4.69, 9.17) is 9.84 Å². The van der Waals surface area contributed by atoms with Crippen LogP contribution in [0.15, 0.2) is 29.2 Å². The predicted molar refractivity (Wildman–Crippen MR) is 89.6 cm³/mol. The molecular weight excluding hydrogens is 314 g/mol. The third kappa shape index (κ3) is 5.88. The van der Waals surface area contributed by atoms with Crippen LogP contribution in [0.1, 0.15) is 43.7 Å². The summed E-state index contributed by atoms with van der Waals surface area (Å²) in [5.74, 6) is -1.05. The molecule has 0 radical (unpaired) electrons. The Labute approximate surface area is 140 Å². The molecule has 126 valence electrons. The topological polar surface area (TPSA) is 75.6 Å². The van der Waals surface area contributed by atoms with E-state index < -0.39 is 12.0 Å². The minimum absolute atomic E-state index is 0.121. The standard InChI is InChI=1S/C17H23NO4S/c1-23-14-7-4-12(5-8-14)15(11-17(20)21)18-16(19)9-6-13-3-2-10-22-13/h4-5,7-8,13,15H,2-3,6,9-11H2,1H3,(H,18,19)(H,20,21). The molecule has 6 heteroatoms. The minimum Gasteiger partial charge on any atom is -0.481 e. The first-order valence-electron chi connectivity index (χ1n) is 7.85. The summed E-state index contributed by atoms with van der Waals surface area (Å²) in [4.78, 5) is 24.3. The predicted octanol–water partition coefficient (Wildman–Crippen LogP) is 3.00. The maximum Gasteiger partial charge on any atom is 0.305 e. The first-order valence-corrected chi connectivity index (χ1v) is 9.07. The molecule has 2 unspecified atom stereocenters. The Hall–Kier alpha value is -1.53. The number of nitrogens with one attached hydrogen (secondary N) is 1. The minimum atomic E-state index is -0.927. The van der Waals surface area contributed by atoms with E-state index in [0.717, 1.165) is 29.9 Å². The van der Waals surface area contributed by atoms with Crippen molar-refractivity contribution in [2.24, 2.45) is 0 Å². The molecule has 1 fully saturated rings. The quantitative estimate of drug-likeness (QED) is 0.713. The molecule has 23 heavy (non-hydrogen) atoms. The number of amides is 1. The van der Waals surface area contributed by atoms with Gasteiger partial charge < -0.3 is 15.2 Å². The Kier molecular flexibility index (Phi) is 6.92. The van der Waals surface area contributed by atoms with Crippen molar-refractivity contribution in [3.8, 4) is 0 Å². The lowest BCUT2D eigenvalue weighted by molar-refractivity contribution is -0.137. The summed E-state index contributed by atoms with van der Waals surface area (Å²) >= 11 is 1.62. The highest BCUT2D eigenvalue weighted by molar-refractivity contribution is 7.98. The number of carbonyl (C=O) groups is 2. The molecule has 1 heterocycles. The number of carbonyl (C=O) groups excluding carboxylic acids is 1. The van der Waals surface area contributed by atoms with Crippen molar-refractivity contribution in [3.63, 3.8) is 0 Å². The number of thioether (sulfide) groups is 1. The van der Waals surface area contributed by atoms with Crippen molar-refractivity contribution < 1.29 is 19.4 Å². The van der Waals surface area contributed by atoms with Crippen molar-refractivity contribution in [2.75, 3.05) is 12.9 Å². The average molecular weight is 337 g/mol. The molecule has 0 bridgehead atoms. The van der Waals surface area contributed by atoms with E-state index in [1.54, 1.807) is 11.8 Å². The van der Waals surface area contributed by atoms with Crippen LogP contribution < -0.4 is 5.32 Å². The summed E-state index contributed by atoms with van der Waals surface area (Å²) in [5.41, 5.74) is 0.815. The highest BCUT2D eigenvalue weighted by Gasteiger charge is 2.20. The van der Waals surface area contributed by atoms with Crippen molar-refractivity contribution in [2.45, 2.75) is 49.1 Å². The fourth-order valence-electron chi connectivity index (χ4n) is 2.69. The Balaban J connectivity index is 1.93. The largest absolute Gasteiger partial charge is 0.481 e. The second-order valence-corrected chi connectivity index (χ2v) is 6.54. The molecule has 1 amide bonds. The van der Waals surface area contributed by atoms with Crippen LogP contribution in [0.5, 0.6) is 0 Å². The zero-order valence-corrected chi connectivity index (χ0v) is 14.1. The summed E-state index contributed by atoms with van der Waals surface area (Å²) in [6, 6.07) is 7.13. The van der Waals surface area contributed by atoms with Gasteiger partial charge in [0.05, 0.1) is 18.6 Å². The Morgan fingerprint density at radius 3 is 2.70 bits per heavy atom. The molecule has 0 aromatic heterocycles. The van der Waals surface area contributed by atoms with E-state index in [1.165, 1.54) is 0 Å². The Bertz CT molecular complexity index is 526. The van der Waals surface area contributed by atoms with Gasteiger partial charge in [-0.15, -0.1) is 11.8 Å².